The number of furan rings is 1. The summed E-state index contributed by atoms with van der Waals surface area (Å²) < 4.78 is 5.17. The number of hydrogen-bond acceptors (Lipinski definition) is 6. The van der Waals surface area contributed by atoms with Gasteiger partial charge in [0.2, 0.25) is 0 Å². The zero-order valence-corrected chi connectivity index (χ0v) is 14.5. The van der Waals surface area contributed by atoms with Crippen molar-refractivity contribution in [1.29, 1.82) is 0 Å². The van der Waals surface area contributed by atoms with E-state index in [4.69, 9.17) is 4.42 Å². The average Bonchev–Trinajstić information content (AvgIpc) is 3.41. The van der Waals surface area contributed by atoms with E-state index in [-0.39, 0.29) is 11.8 Å². The second kappa shape index (κ2) is 7.15. The van der Waals surface area contributed by atoms with Gasteiger partial charge in [0.15, 0.2) is 5.76 Å². The van der Waals surface area contributed by atoms with E-state index in [1.807, 2.05) is 4.90 Å². The quantitative estimate of drug-likeness (QED) is 0.825. The van der Waals surface area contributed by atoms with Crippen molar-refractivity contribution in [1.82, 2.24) is 19.8 Å². The largest absolute Gasteiger partial charge is 0.459 e. The molecular formula is C18H21N5O3. The van der Waals surface area contributed by atoms with E-state index >= 15 is 0 Å². The molecule has 0 aliphatic carbocycles. The van der Waals surface area contributed by atoms with E-state index in [9.17, 15) is 9.59 Å². The number of aromatic nitrogens is 2. The molecule has 26 heavy (non-hydrogen) atoms. The molecule has 8 nitrogen and oxygen atoms in total. The summed E-state index contributed by atoms with van der Waals surface area (Å²) in [4.78, 5) is 39.0. The molecule has 4 heterocycles. The minimum Gasteiger partial charge on any atom is -0.459 e. The van der Waals surface area contributed by atoms with Gasteiger partial charge in [0, 0.05) is 39.3 Å². The van der Waals surface area contributed by atoms with Gasteiger partial charge in [0.05, 0.1) is 18.7 Å². The molecule has 2 aliphatic heterocycles. The fraction of sp³-hybridized carbons (Fsp3) is 0.444. The molecule has 0 atom stereocenters. The van der Waals surface area contributed by atoms with Crippen molar-refractivity contribution in [2.45, 2.75) is 12.8 Å². The Balaban J connectivity index is 1.35. The van der Waals surface area contributed by atoms with Crippen LogP contribution in [-0.2, 0) is 0 Å². The first-order valence-corrected chi connectivity index (χ1v) is 8.91. The molecule has 2 aromatic heterocycles. The minimum atomic E-state index is -0.0905. The summed E-state index contributed by atoms with van der Waals surface area (Å²) in [7, 11) is 0. The predicted molar refractivity (Wildman–Crippen MR) is 94.0 cm³/mol. The Bertz CT molecular complexity index is 761. The lowest BCUT2D eigenvalue weighted by atomic mass is 10.3. The third-order valence-electron chi connectivity index (χ3n) is 4.87. The molecule has 0 aromatic carbocycles. The second-order valence-electron chi connectivity index (χ2n) is 6.52. The number of amides is 2. The molecule has 2 aliphatic rings. The monoisotopic (exact) mass is 355 g/mol. The number of likely N-dealkylation sites (tertiary alicyclic amines) is 1. The normalized spacial score (nSPS) is 17.6. The molecule has 136 valence electrons. The maximum atomic E-state index is 12.3. The standard InChI is InChI=1S/C18H21N5O3/c24-17(22-5-1-2-6-22)14-12-20-16(13-19-14)21-7-9-23(10-8-21)18(25)15-4-3-11-26-15/h3-4,11-13H,1-2,5-10H2. The molecule has 2 aromatic rings. The molecule has 0 unspecified atom stereocenters. The summed E-state index contributed by atoms with van der Waals surface area (Å²) in [5.74, 6) is 0.957. The van der Waals surface area contributed by atoms with Gasteiger partial charge in [0.1, 0.15) is 11.5 Å². The smallest absolute Gasteiger partial charge is 0.289 e. The lowest BCUT2D eigenvalue weighted by molar-refractivity contribution is 0.0713. The third kappa shape index (κ3) is 3.26. The molecule has 0 N–H and O–H groups in total. The lowest BCUT2D eigenvalue weighted by Gasteiger charge is -2.34. The Hall–Kier alpha value is -2.90. The van der Waals surface area contributed by atoms with Crippen LogP contribution in [0.2, 0.25) is 0 Å². The number of anilines is 1. The Morgan fingerprint density at radius 3 is 2.23 bits per heavy atom. The topological polar surface area (TPSA) is 82.8 Å². The number of carbonyl (C=O) groups excluding carboxylic acids is 2. The van der Waals surface area contributed by atoms with Crippen molar-refractivity contribution in [2.75, 3.05) is 44.2 Å². The Morgan fingerprint density at radius 2 is 1.62 bits per heavy atom. The third-order valence-corrected chi connectivity index (χ3v) is 4.87. The van der Waals surface area contributed by atoms with Crippen LogP contribution < -0.4 is 4.90 Å². The first kappa shape index (κ1) is 16.6. The number of hydrogen-bond donors (Lipinski definition) is 0. The van der Waals surface area contributed by atoms with Gasteiger partial charge in [-0.25, -0.2) is 9.97 Å². The van der Waals surface area contributed by atoms with Crippen LogP contribution >= 0.6 is 0 Å². The van der Waals surface area contributed by atoms with E-state index in [1.165, 1.54) is 6.26 Å². The molecule has 0 saturated carbocycles. The van der Waals surface area contributed by atoms with Crippen LogP contribution in [-0.4, -0.2) is 70.9 Å². The maximum Gasteiger partial charge on any atom is 0.289 e. The minimum absolute atomic E-state index is 0.0459. The number of carbonyl (C=O) groups is 2. The first-order valence-electron chi connectivity index (χ1n) is 8.91. The van der Waals surface area contributed by atoms with Crippen LogP contribution in [0.5, 0.6) is 0 Å². The van der Waals surface area contributed by atoms with E-state index in [0.29, 0.717) is 37.6 Å². The fourth-order valence-corrected chi connectivity index (χ4v) is 3.37. The van der Waals surface area contributed by atoms with Gasteiger partial charge < -0.3 is 19.1 Å². The number of rotatable bonds is 3. The molecule has 2 fully saturated rings. The van der Waals surface area contributed by atoms with Gasteiger partial charge in [-0.3, -0.25) is 9.59 Å². The SMILES string of the molecule is O=C(c1cnc(N2CCN(C(=O)c3ccco3)CC2)cn1)N1CCCC1. The molecule has 4 rings (SSSR count). The first-order chi connectivity index (χ1) is 12.7. The summed E-state index contributed by atoms with van der Waals surface area (Å²) in [6.07, 6.45) is 6.81. The van der Waals surface area contributed by atoms with Gasteiger partial charge in [-0.05, 0) is 25.0 Å². The van der Waals surface area contributed by atoms with Crippen molar-refractivity contribution < 1.29 is 14.0 Å². The van der Waals surface area contributed by atoms with Gasteiger partial charge >= 0.3 is 0 Å². The number of nitrogens with zero attached hydrogens (tertiary/aromatic N) is 5. The Kier molecular flexibility index (Phi) is 4.55. The summed E-state index contributed by atoms with van der Waals surface area (Å²) in [6.45, 7) is 4.12. The second-order valence-corrected chi connectivity index (χ2v) is 6.52. The average molecular weight is 355 g/mol. The van der Waals surface area contributed by atoms with Crippen LogP contribution in [0, 0.1) is 0 Å². The predicted octanol–water partition coefficient (Wildman–Crippen LogP) is 1.27. The lowest BCUT2D eigenvalue weighted by Crippen LogP contribution is -2.49. The Labute approximate surface area is 151 Å². The van der Waals surface area contributed by atoms with E-state index in [0.717, 1.165) is 31.7 Å². The van der Waals surface area contributed by atoms with Gasteiger partial charge in [-0.2, -0.15) is 0 Å². The molecule has 8 heteroatoms. The van der Waals surface area contributed by atoms with Gasteiger partial charge in [-0.15, -0.1) is 0 Å². The number of piperazine rings is 1. The van der Waals surface area contributed by atoms with Crippen LogP contribution in [0.1, 0.15) is 33.9 Å². The summed E-state index contributed by atoms with van der Waals surface area (Å²) in [5.41, 5.74) is 0.391. The van der Waals surface area contributed by atoms with Crippen molar-refractivity contribution in [3.8, 4) is 0 Å². The van der Waals surface area contributed by atoms with Crippen LogP contribution in [0.25, 0.3) is 0 Å². The van der Waals surface area contributed by atoms with Crippen molar-refractivity contribution in [3.05, 3.63) is 42.2 Å². The van der Waals surface area contributed by atoms with Crippen LogP contribution in [0.3, 0.4) is 0 Å². The molecule has 2 amide bonds. The summed E-state index contributed by atoms with van der Waals surface area (Å²) >= 11 is 0. The van der Waals surface area contributed by atoms with Crippen LogP contribution in [0.15, 0.2) is 35.2 Å². The molecule has 0 bridgehead atoms. The maximum absolute atomic E-state index is 12.3. The molecule has 2 saturated heterocycles. The van der Waals surface area contributed by atoms with Crippen molar-refractivity contribution >= 4 is 17.6 Å². The molecule has 0 spiro atoms. The molecular weight excluding hydrogens is 334 g/mol. The summed E-state index contributed by atoms with van der Waals surface area (Å²) in [5, 5.41) is 0. The van der Waals surface area contributed by atoms with E-state index in [2.05, 4.69) is 14.9 Å². The highest BCUT2D eigenvalue weighted by atomic mass is 16.3. The fourth-order valence-electron chi connectivity index (χ4n) is 3.37. The Morgan fingerprint density at radius 1 is 0.885 bits per heavy atom. The van der Waals surface area contributed by atoms with Crippen molar-refractivity contribution in [2.24, 2.45) is 0 Å². The zero-order valence-electron chi connectivity index (χ0n) is 14.5. The van der Waals surface area contributed by atoms with Crippen LogP contribution in [0.4, 0.5) is 5.82 Å². The highest BCUT2D eigenvalue weighted by Gasteiger charge is 2.25. The molecule has 0 radical (unpaired) electrons. The van der Waals surface area contributed by atoms with Crippen molar-refractivity contribution in [3.63, 3.8) is 0 Å². The zero-order chi connectivity index (χ0) is 17.9. The highest BCUT2D eigenvalue weighted by Crippen LogP contribution is 2.16. The summed E-state index contributed by atoms with van der Waals surface area (Å²) in [6, 6.07) is 3.39. The van der Waals surface area contributed by atoms with E-state index in [1.54, 1.807) is 29.4 Å². The van der Waals surface area contributed by atoms with Gasteiger partial charge in [0.25, 0.3) is 11.8 Å². The van der Waals surface area contributed by atoms with E-state index < -0.39 is 0 Å². The van der Waals surface area contributed by atoms with Gasteiger partial charge in [-0.1, -0.05) is 0 Å². The highest BCUT2D eigenvalue weighted by molar-refractivity contribution is 5.92.